The van der Waals surface area contributed by atoms with Crippen molar-refractivity contribution in [3.8, 4) is 11.1 Å². The monoisotopic (exact) mass is 592 g/mol. The van der Waals surface area contributed by atoms with E-state index in [-0.39, 0.29) is 18.4 Å². The van der Waals surface area contributed by atoms with Crippen molar-refractivity contribution in [3.63, 3.8) is 0 Å². The third-order valence-corrected chi connectivity index (χ3v) is 8.02. The van der Waals surface area contributed by atoms with E-state index in [1.165, 1.54) is 16.2 Å². The summed E-state index contributed by atoms with van der Waals surface area (Å²) in [5.41, 5.74) is 6.12. The second kappa shape index (κ2) is 14.1. The van der Waals surface area contributed by atoms with Crippen molar-refractivity contribution in [2.24, 2.45) is 5.92 Å². The third kappa shape index (κ3) is 7.48. The minimum atomic E-state index is -0.579. The zero-order chi connectivity index (χ0) is 30.2. The first-order chi connectivity index (χ1) is 20.9. The van der Waals surface area contributed by atoms with E-state index >= 15 is 0 Å². The van der Waals surface area contributed by atoms with Crippen LogP contribution in [0.25, 0.3) is 11.1 Å². The Balaban J connectivity index is 1.30. The van der Waals surface area contributed by atoms with Gasteiger partial charge in [-0.1, -0.05) is 123 Å². The van der Waals surface area contributed by atoms with E-state index in [0.29, 0.717) is 29.9 Å². The molecule has 4 aromatic rings. The van der Waals surface area contributed by atoms with Gasteiger partial charge in [0.2, 0.25) is 0 Å². The van der Waals surface area contributed by atoms with Crippen molar-refractivity contribution in [1.82, 2.24) is 10.4 Å². The minimum absolute atomic E-state index is 0.0529. The van der Waals surface area contributed by atoms with Gasteiger partial charge in [-0.25, -0.2) is 9.59 Å². The largest absolute Gasteiger partial charge is 0.449 e. The molecule has 0 unspecified atom stereocenters. The number of carbonyl (C=O) groups excluding carboxylic acids is 2. The Labute approximate surface area is 258 Å². The molecule has 7 heteroatoms. The van der Waals surface area contributed by atoms with E-state index in [0.717, 1.165) is 16.7 Å². The molecule has 1 aliphatic carbocycles. The standard InChI is InChI=1S/C36H36N2O4S/c1-25(2)23-33(37-36(40)41-24-32-30-19-11-9-17-28(30)29-18-10-12-20-31(29)32)34(43)38(22-21-26-13-5-3-6-14-26)42-35(39)27-15-7-4-8-16-27/h3-20,25,32-33H,21-24H2,1-2H3,(H,37,40)/t33-/m0/s1. The molecule has 0 saturated heterocycles. The van der Waals surface area contributed by atoms with E-state index in [9.17, 15) is 9.59 Å². The van der Waals surface area contributed by atoms with Crippen LogP contribution in [0.2, 0.25) is 0 Å². The lowest BCUT2D eigenvalue weighted by Gasteiger charge is -2.30. The van der Waals surface area contributed by atoms with Crippen LogP contribution in [0.5, 0.6) is 0 Å². The zero-order valence-corrected chi connectivity index (χ0v) is 25.3. The van der Waals surface area contributed by atoms with Crippen molar-refractivity contribution in [2.75, 3.05) is 13.2 Å². The first-order valence-corrected chi connectivity index (χ1v) is 15.1. The first-order valence-electron chi connectivity index (χ1n) is 14.6. The average Bonchev–Trinajstić information content (AvgIpc) is 3.35. The highest BCUT2D eigenvalue weighted by Crippen LogP contribution is 2.44. The molecule has 1 N–H and O–H groups in total. The maximum atomic E-state index is 13.2. The Kier molecular flexibility index (Phi) is 9.84. The molecule has 0 saturated carbocycles. The summed E-state index contributed by atoms with van der Waals surface area (Å²) in [6.45, 7) is 4.64. The number of amides is 1. The van der Waals surface area contributed by atoms with Crippen LogP contribution < -0.4 is 5.32 Å². The van der Waals surface area contributed by atoms with Crippen LogP contribution >= 0.6 is 12.2 Å². The van der Waals surface area contributed by atoms with Crippen LogP contribution in [0.4, 0.5) is 4.79 Å². The topological polar surface area (TPSA) is 67.9 Å². The molecule has 1 amide bonds. The number of nitrogens with one attached hydrogen (secondary N) is 1. The second-order valence-corrected chi connectivity index (χ2v) is 11.5. The number of alkyl carbamates (subject to hydrolysis) is 1. The summed E-state index contributed by atoms with van der Waals surface area (Å²) < 4.78 is 5.83. The molecule has 0 fully saturated rings. The molecule has 0 aliphatic heterocycles. The van der Waals surface area contributed by atoms with Gasteiger partial charge in [-0.2, -0.15) is 5.06 Å². The molecule has 0 bridgehead atoms. The number of rotatable bonds is 10. The van der Waals surface area contributed by atoms with Crippen molar-refractivity contribution in [3.05, 3.63) is 131 Å². The summed E-state index contributed by atoms with van der Waals surface area (Å²) >= 11 is 5.89. The Morgan fingerprint density at radius 1 is 0.814 bits per heavy atom. The highest BCUT2D eigenvalue weighted by atomic mass is 32.1. The fraction of sp³-hybridized carbons (Fsp3) is 0.250. The van der Waals surface area contributed by atoms with Gasteiger partial charge < -0.3 is 14.9 Å². The lowest BCUT2D eigenvalue weighted by Crippen LogP contribution is -2.49. The normalized spacial score (nSPS) is 12.6. The SMILES string of the molecule is CC(C)C[C@H](NC(=O)OCC1c2ccccc2-c2ccccc21)C(=S)N(CCc1ccccc1)OC(=O)c1ccccc1. The lowest BCUT2D eigenvalue weighted by molar-refractivity contribution is -0.0557. The first kappa shape index (κ1) is 30.0. The highest BCUT2D eigenvalue weighted by molar-refractivity contribution is 7.80. The number of carbonyl (C=O) groups is 2. The van der Waals surface area contributed by atoms with Crippen molar-refractivity contribution in [2.45, 2.75) is 38.6 Å². The molecular formula is C36H36N2O4S. The Hall–Kier alpha value is -4.49. The minimum Gasteiger partial charge on any atom is -0.449 e. The van der Waals surface area contributed by atoms with Crippen molar-refractivity contribution < 1.29 is 19.2 Å². The number of nitrogens with zero attached hydrogens (tertiary/aromatic N) is 1. The average molecular weight is 593 g/mol. The predicted octanol–water partition coefficient (Wildman–Crippen LogP) is 7.58. The molecule has 4 aromatic carbocycles. The molecular weight excluding hydrogens is 556 g/mol. The maximum Gasteiger partial charge on any atom is 0.407 e. The summed E-state index contributed by atoms with van der Waals surface area (Å²) in [6, 6.07) is 34.6. The van der Waals surface area contributed by atoms with Crippen LogP contribution in [0.1, 0.15) is 53.2 Å². The van der Waals surface area contributed by atoms with Gasteiger partial charge in [0.1, 0.15) is 11.6 Å². The highest BCUT2D eigenvalue weighted by Gasteiger charge is 2.31. The van der Waals surface area contributed by atoms with Crippen LogP contribution in [-0.2, 0) is 16.0 Å². The predicted molar refractivity (Wildman–Crippen MR) is 173 cm³/mol. The fourth-order valence-corrected chi connectivity index (χ4v) is 5.74. The molecule has 0 heterocycles. The van der Waals surface area contributed by atoms with E-state index in [2.05, 4.69) is 43.4 Å². The van der Waals surface area contributed by atoms with Crippen molar-refractivity contribution >= 4 is 29.3 Å². The lowest BCUT2D eigenvalue weighted by atomic mass is 9.98. The van der Waals surface area contributed by atoms with Gasteiger partial charge in [0.25, 0.3) is 0 Å². The zero-order valence-electron chi connectivity index (χ0n) is 24.4. The van der Waals surface area contributed by atoms with E-state index < -0.39 is 18.1 Å². The molecule has 0 spiro atoms. The number of hydrogen-bond donors (Lipinski definition) is 1. The van der Waals surface area contributed by atoms with Gasteiger partial charge in [0.05, 0.1) is 18.2 Å². The molecule has 1 atom stereocenters. The molecule has 6 nitrogen and oxygen atoms in total. The van der Waals surface area contributed by atoms with Gasteiger partial charge in [-0.3, -0.25) is 0 Å². The van der Waals surface area contributed by atoms with Crippen LogP contribution in [0.15, 0.2) is 109 Å². The van der Waals surface area contributed by atoms with Gasteiger partial charge in [-0.15, -0.1) is 0 Å². The Morgan fingerprint density at radius 3 is 1.98 bits per heavy atom. The van der Waals surface area contributed by atoms with Crippen LogP contribution in [-0.4, -0.2) is 41.3 Å². The van der Waals surface area contributed by atoms with Gasteiger partial charge in [-0.05, 0) is 58.7 Å². The fourth-order valence-electron chi connectivity index (χ4n) is 5.45. The Morgan fingerprint density at radius 2 is 1.37 bits per heavy atom. The van der Waals surface area contributed by atoms with Crippen molar-refractivity contribution in [1.29, 1.82) is 0 Å². The van der Waals surface area contributed by atoms with Crippen LogP contribution in [0, 0.1) is 5.92 Å². The number of fused-ring (bicyclic) bond motifs is 3. The van der Waals surface area contributed by atoms with E-state index in [1.807, 2.05) is 60.7 Å². The van der Waals surface area contributed by atoms with Gasteiger partial charge in [0, 0.05) is 5.92 Å². The van der Waals surface area contributed by atoms with E-state index in [1.54, 1.807) is 24.3 Å². The molecule has 0 aromatic heterocycles. The van der Waals surface area contributed by atoms with Gasteiger partial charge >= 0.3 is 12.1 Å². The number of ether oxygens (including phenoxy) is 1. The number of benzene rings is 4. The smallest absolute Gasteiger partial charge is 0.407 e. The number of hydroxylamine groups is 2. The second-order valence-electron chi connectivity index (χ2n) is 11.1. The summed E-state index contributed by atoms with van der Waals surface area (Å²) in [6.07, 6.45) is 0.586. The van der Waals surface area contributed by atoms with E-state index in [4.69, 9.17) is 21.8 Å². The third-order valence-electron chi connectivity index (χ3n) is 7.54. The van der Waals surface area contributed by atoms with Gasteiger partial charge in [0.15, 0.2) is 0 Å². The molecule has 1 aliphatic rings. The summed E-state index contributed by atoms with van der Waals surface area (Å²) in [4.78, 5) is 32.5. The number of hydrogen-bond acceptors (Lipinski definition) is 5. The molecule has 0 radical (unpaired) electrons. The quantitative estimate of drug-likeness (QED) is 0.151. The molecule has 5 rings (SSSR count). The van der Waals surface area contributed by atoms with Crippen LogP contribution in [0.3, 0.4) is 0 Å². The Bertz CT molecular complexity index is 1510. The number of thiocarbonyl (C=S) groups is 1. The molecule has 43 heavy (non-hydrogen) atoms. The summed E-state index contributed by atoms with van der Waals surface area (Å²) in [7, 11) is 0. The maximum absolute atomic E-state index is 13.2. The molecule has 220 valence electrons. The summed E-state index contributed by atoms with van der Waals surface area (Å²) in [5, 5.41) is 4.42. The summed E-state index contributed by atoms with van der Waals surface area (Å²) in [5.74, 6) is -0.360.